The zero-order chi connectivity index (χ0) is 25.2. The second-order valence-electron chi connectivity index (χ2n) is 9.55. The van der Waals surface area contributed by atoms with Gasteiger partial charge in [0, 0.05) is 29.4 Å². The van der Waals surface area contributed by atoms with Crippen LogP contribution in [-0.2, 0) is 16.0 Å². The molecule has 0 aliphatic rings. The number of amides is 1. The van der Waals surface area contributed by atoms with Crippen LogP contribution in [0.3, 0.4) is 0 Å². The lowest BCUT2D eigenvalue weighted by Crippen LogP contribution is -2.27. The molecule has 0 saturated carbocycles. The maximum atomic E-state index is 12.4. The van der Waals surface area contributed by atoms with Gasteiger partial charge in [0.1, 0.15) is 11.6 Å². The van der Waals surface area contributed by atoms with Crippen molar-refractivity contribution < 1.29 is 14.3 Å². The molecule has 2 atom stereocenters. The van der Waals surface area contributed by atoms with Crippen molar-refractivity contribution in [1.29, 1.82) is 0 Å². The van der Waals surface area contributed by atoms with Gasteiger partial charge in [0.25, 0.3) is 0 Å². The number of nitrogens with one attached hydrogen (secondary N) is 1. The van der Waals surface area contributed by atoms with E-state index in [-0.39, 0.29) is 17.6 Å². The summed E-state index contributed by atoms with van der Waals surface area (Å²) in [5.74, 6) is 1.49. The van der Waals surface area contributed by atoms with E-state index in [9.17, 15) is 9.59 Å². The highest BCUT2D eigenvalue weighted by Gasteiger charge is 2.23. The third-order valence-corrected chi connectivity index (χ3v) is 6.96. The third-order valence-electron chi connectivity index (χ3n) is 6.59. The lowest BCUT2D eigenvalue weighted by atomic mass is 9.82. The van der Waals surface area contributed by atoms with Crippen LogP contribution in [0.1, 0.15) is 52.0 Å². The van der Waals surface area contributed by atoms with E-state index in [1.165, 1.54) is 0 Å². The SMILES string of the molecule is CC(C)[C@@H](COC(=O)Nc1cc2ccccc2cn1)C(C)CCC(=O)CCCc1ccccc1Cl. The minimum Gasteiger partial charge on any atom is -0.449 e. The molecule has 3 aromatic rings. The molecule has 0 bridgehead atoms. The predicted octanol–water partition coefficient (Wildman–Crippen LogP) is 7.72. The van der Waals surface area contributed by atoms with Crippen LogP contribution in [0.15, 0.2) is 60.8 Å². The number of rotatable bonds is 12. The van der Waals surface area contributed by atoms with Gasteiger partial charge in [-0.1, -0.05) is 74.8 Å². The van der Waals surface area contributed by atoms with Gasteiger partial charge < -0.3 is 4.74 Å². The Hall–Kier alpha value is -2.92. The molecular formula is C29H35ClN2O3. The largest absolute Gasteiger partial charge is 0.449 e. The van der Waals surface area contributed by atoms with Gasteiger partial charge in [-0.15, -0.1) is 0 Å². The van der Waals surface area contributed by atoms with E-state index in [4.69, 9.17) is 16.3 Å². The third kappa shape index (κ3) is 8.36. The normalized spacial score (nSPS) is 12.9. The standard InChI is InChI=1S/C29H35ClN2O3/c1-20(2)26(19-35-29(34)32-28-17-23-10-4-5-11-24(23)18-31-28)21(3)15-16-25(33)13-8-12-22-9-6-7-14-27(22)30/h4-7,9-11,14,17-18,20-21,26H,8,12-13,15-16,19H2,1-3H3,(H,31,32,34)/t21?,26-/m1/s1. The number of carbonyl (C=O) groups is 2. The van der Waals surface area contributed by atoms with E-state index in [0.29, 0.717) is 31.2 Å². The molecule has 35 heavy (non-hydrogen) atoms. The first-order valence-electron chi connectivity index (χ1n) is 12.4. The number of hydrogen-bond acceptors (Lipinski definition) is 4. The monoisotopic (exact) mass is 494 g/mol. The molecule has 1 aromatic heterocycles. The smallest absolute Gasteiger partial charge is 0.412 e. The molecule has 0 fully saturated rings. The first-order valence-corrected chi connectivity index (χ1v) is 12.7. The van der Waals surface area contributed by atoms with Gasteiger partial charge in [-0.2, -0.15) is 0 Å². The zero-order valence-electron chi connectivity index (χ0n) is 20.8. The minimum absolute atomic E-state index is 0.168. The second kappa shape index (κ2) is 13.2. The molecule has 1 unspecified atom stereocenters. The van der Waals surface area contributed by atoms with E-state index in [0.717, 1.165) is 40.6 Å². The number of Topliss-reactive ketones (excluding diaryl/α,β-unsaturated/α-hetero) is 1. The Morgan fingerprint density at radius 3 is 2.46 bits per heavy atom. The van der Waals surface area contributed by atoms with Crippen LogP contribution in [0.2, 0.25) is 5.02 Å². The van der Waals surface area contributed by atoms with Gasteiger partial charge >= 0.3 is 6.09 Å². The number of ether oxygens (including phenoxy) is 1. The molecule has 0 aliphatic heterocycles. The van der Waals surface area contributed by atoms with Crippen molar-refractivity contribution in [2.24, 2.45) is 17.8 Å². The van der Waals surface area contributed by atoms with Crippen LogP contribution >= 0.6 is 11.6 Å². The fraction of sp³-hybridized carbons (Fsp3) is 0.414. The highest BCUT2D eigenvalue weighted by Crippen LogP contribution is 2.26. The summed E-state index contributed by atoms with van der Waals surface area (Å²) in [7, 11) is 0. The lowest BCUT2D eigenvalue weighted by Gasteiger charge is -2.27. The van der Waals surface area contributed by atoms with E-state index >= 15 is 0 Å². The quantitative estimate of drug-likeness (QED) is 0.280. The summed E-state index contributed by atoms with van der Waals surface area (Å²) in [6.07, 6.45) is 4.71. The van der Waals surface area contributed by atoms with Crippen molar-refractivity contribution in [2.75, 3.05) is 11.9 Å². The fourth-order valence-electron chi connectivity index (χ4n) is 4.38. The van der Waals surface area contributed by atoms with Crippen LogP contribution in [0.25, 0.3) is 10.8 Å². The lowest BCUT2D eigenvalue weighted by molar-refractivity contribution is -0.119. The second-order valence-corrected chi connectivity index (χ2v) is 9.95. The fourth-order valence-corrected chi connectivity index (χ4v) is 4.61. The van der Waals surface area contributed by atoms with E-state index in [2.05, 4.69) is 31.1 Å². The molecule has 186 valence electrons. The number of halogens is 1. The summed E-state index contributed by atoms with van der Waals surface area (Å²) in [5, 5.41) is 5.50. The molecule has 6 heteroatoms. The van der Waals surface area contributed by atoms with Gasteiger partial charge in [0.2, 0.25) is 0 Å². The number of hydrogen-bond donors (Lipinski definition) is 1. The highest BCUT2D eigenvalue weighted by molar-refractivity contribution is 6.31. The topological polar surface area (TPSA) is 68.3 Å². The highest BCUT2D eigenvalue weighted by atomic mass is 35.5. The number of anilines is 1. The molecule has 0 spiro atoms. The van der Waals surface area contributed by atoms with Crippen molar-refractivity contribution in [3.63, 3.8) is 0 Å². The molecule has 1 N–H and O–H groups in total. The molecule has 0 aliphatic carbocycles. The van der Waals surface area contributed by atoms with Crippen molar-refractivity contribution in [1.82, 2.24) is 4.98 Å². The van der Waals surface area contributed by atoms with E-state index < -0.39 is 6.09 Å². The number of nitrogens with zero attached hydrogens (tertiary/aromatic N) is 1. The number of pyridine rings is 1. The van der Waals surface area contributed by atoms with Crippen molar-refractivity contribution in [3.05, 3.63) is 71.4 Å². The number of ketones is 1. The van der Waals surface area contributed by atoms with Crippen LogP contribution in [0.5, 0.6) is 0 Å². The maximum absolute atomic E-state index is 12.4. The van der Waals surface area contributed by atoms with Crippen LogP contribution in [-0.4, -0.2) is 23.5 Å². The van der Waals surface area contributed by atoms with E-state index in [1.54, 1.807) is 6.20 Å². The number of benzene rings is 2. The average Bonchev–Trinajstić information content (AvgIpc) is 2.83. The summed E-state index contributed by atoms with van der Waals surface area (Å²) in [6.45, 7) is 6.68. The first kappa shape index (κ1) is 26.7. The van der Waals surface area contributed by atoms with Crippen LogP contribution in [0.4, 0.5) is 10.6 Å². The number of aromatic nitrogens is 1. The van der Waals surface area contributed by atoms with Crippen molar-refractivity contribution in [2.45, 2.75) is 52.9 Å². The summed E-state index contributed by atoms with van der Waals surface area (Å²) in [4.78, 5) is 29.1. The Morgan fingerprint density at radius 1 is 1.00 bits per heavy atom. The molecular weight excluding hydrogens is 460 g/mol. The Morgan fingerprint density at radius 2 is 1.71 bits per heavy atom. The number of carbonyl (C=O) groups excluding carboxylic acids is 2. The number of aryl methyl sites for hydroxylation is 1. The molecule has 2 aromatic carbocycles. The average molecular weight is 495 g/mol. The predicted molar refractivity (Wildman–Crippen MR) is 143 cm³/mol. The first-order chi connectivity index (χ1) is 16.8. The van der Waals surface area contributed by atoms with Crippen molar-refractivity contribution >= 4 is 40.1 Å². The van der Waals surface area contributed by atoms with Crippen molar-refractivity contribution in [3.8, 4) is 0 Å². The molecule has 5 nitrogen and oxygen atoms in total. The Kier molecular flexibility index (Phi) is 10.1. The van der Waals surface area contributed by atoms with Gasteiger partial charge in [-0.05, 0) is 60.1 Å². The minimum atomic E-state index is -0.513. The molecule has 1 heterocycles. The van der Waals surface area contributed by atoms with Gasteiger partial charge in [-0.3, -0.25) is 10.1 Å². The Bertz CT molecular complexity index is 1130. The van der Waals surface area contributed by atoms with Crippen LogP contribution in [0, 0.1) is 17.8 Å². The molecule has 0 radical (unpaired) electrons. The summed E-state index contributed by atoms with van der Waals surface area (Å²) in [5.41, 5.74) is 1.09. The summed E-state index contributed by atoms with van der Waals surface area (Å²) in [6, 6.07) is 17.5. The van der Waals surface area contributed by atoms with Gasteiger partial charge in [0.05, 0.1) is 6.61 Å². The summed E-state index contributed by atoms with van der Waals surface area (Å²) < 4.78 is 5.55. The van der Waals surface area contributed by atoms with Gasteiger partial charge in [0.15, 0.2) is 0 Å². The van der Waals surface area contributed by atoms with Crippen LogP contribution < -0.4 is 5.32 Å². The Labute approximate surface area is 213 Å². The van der Waals surface area contributed by atoms with E-state index in [1.807, 2.05) is 54.6 Å². The summed E-state index contributed by atoms with van der Waals surface area (Å²) >= 11 is 6.20. The maximum Gasteiger partial charge on any atom is 0.412 e. The molecule has 3 rings (SSSR count). The number of fused-ring (bicyclic) bond motifs is 1. The Balaban J connectivity index is 1.41. The zero-order valence-corrected chi connectivity index (χ0v) is 21.6. The molecule has 0 saturated heterocycles. The molecule has 1 amide bonds. The van der Waals surface area contributed by atoms with Gasteiger partial charge in [-0.25, -0.2) is 9.78 Å².